The van der Waals surface area contributed by atoms with Crippen LogP contribution in [0.5, 0.6) is 0 Å². The Labute approximate surface area is 417 Å². The van der Waals surface area contributed by atoms with Crippen LogP contribution >= 0.6 is 0 Å². The fraction of sp³-hybridized carbons (Fsp3) is 0. The summed E-state index contributed by atoms with van der Waals surface area (Å²) in [5.74, 6) is 1.52. The van der Waals surface area contributed by atoms with Crippen LogP contribution in [0.25, 0.3) is 94.4 Å². The summed E-state index contributed by atoms with van der Waals surface area (Å²) < 4.78 is 12.0. The average molecular weight is 981 g/mol. The van der Waals surface area contributed by atoms with Crippen molar-refractivity contribution < 1.29 is 0 Å². The summed E-state index contributed by atoms with van der Waals surface area (Å²) in [7, 11) is 0. The van der Waals surface area contributed by atoms with Gasteiger partial charge in [0.25, 0.3) is 0 Å². The van der Waals surface area contributed by atoms with Gasteiger partial charge in [-0.05, 0) is 12.1 Å². The SMILES string of the molecule is N#Cc1ccc2c(c1)c1ccccc1n2-c1nc(-c2ccc[c]([Ge]([c]3ccccc3)([c]3ccccc3)[c]3ccccc3)c2)nc(-n2c3ccccc3c3ccc4c(c5ccccc5n4-c4ccccc4)c32)n1. The first-order chi connectivity index (χ1) is 35.7. The van der Waals surface area contributed by atoms with Gasteiger partial charge in [0.2, 0.25) is 0 Å². The molecule has 0 bridgehead atoms. The van der Waals surface area contributed by atoms with Gasteiger partial charge < -0.3 is 0 Å². The zero-order chi connectivity index (χ0) is 47.8. The van der Waals surface area contributed by atoms with Gasteiger partial charge in [-0.15, -0.1) is 0 Å². The Bertz CT molecular complexity index is 4360. The van der Waals surface area contributed by atoms with Gasteiger partial charge in [-0.3, -0.25) is 0 Å². The van der Waals surface area contributed by atoms with Gasteiger partial charge in [0.1, 0.15) is 0 Å². The number of rotatable bonds is 8. The number of benzene rings is 10. The first-order valence-electron chi connectivity index (χ1n) is 24.2. The molecule has 14 rings (SSSR count). The van der Waals surface area contributed by atoms with Crippen LogP contribution in [0.3, 0.4) is 0 Å². The third-order valence-corrected chi connectivity index (χ3v) is 24.5. The van der Waals surface area contributed by atoms with E-state index in [1.165, 1.54) is 17.6 Å². The molecule has 0 N–H and O–H groups in total. The van der Waals surface area contributed by atoms with E-state index in [1.54, 1.807) is 0 Å². The number of para-hydroxylation sites is 4. The van der Waals surface area contributed by atoms with Crippen molar-refractivity contribution in [3.8, 4) is 35.0 Å². The van der Waals surface area contributed by atoms with Gasteiger partial charge in [0.05, 0.1) is 0 Å². The quantitative estimate of drug-likeness (QED) is 0.142. The molecule has 336 valence electrons. The molecule has 4 heterocycles. The predicted octanol–water partition coefficient (Wildman–Crippen LogP) is 12.1. The van der Waals surface area contributed by atoms with Crippen molar-refractivity contribution in [2.45, 2.75) is 0 Å². The second kappa shape index (κ2) is 16.7. The van der Waals surface area contributed by atoms with Gasteiger partial charge in [-0.2, -0.15) is 5.26 Å². The van der Waals surface area contributed by atoms with Crippen LogP contribution in [0.2, 0.25) is 0 Å². The van der Waals surface area contributed by atoms with Gasteiger partial charge >= 0.3 is 378 Å². The van der Waals surface area contributed by atoms with Gasteiger partial charge in [-0.1, -0.05) is 24.3 Å². The molecule has 0 aliphatic heterocycles. The van der Waals surface area contributed by atoms with E-state index in [0.717, 1.165) is 76.7 Å². The monoisotopic (exact) mass is 981 g/mol. The van der Waals surface area contributed by atoms with Crippen LogP contribution in [-0.4, -0.2) is 41.9 Å². The molecule has 0 radical (unpaired) electrons. The number of nitrogens with zero attached hydrogens (tertiary/aromatic N) is 7. The minimum atomic E-state index is -3.73. The van der Waals surface area contributed by atoms with E-state index in [0.29, 0.717) is 23.3 Å². The summed E-state index contributed by atoms with van der Waals surface area (Å²) >= 11 is -3.73. The molecule has 4 aromatic heterocycles. The first-order valence-corrected chi connectivity index (χ1v) is 28.4. The van der Waals surface area contributed by atoms with E-state index in [2.05, 4.69) is 238 Å². The fourth-order valence-electron chi connectivity index (χ4n) is 11.5. The second-order valence-electron chi connectivity index (χ2n) is 18.3. The maximum absolute atomic E-state index is 10.1. The van der Waals surface area contributed by atoms with Crippen molar-refractivity contribution in [2.75, 3.05) is 0 Å². The van der Waals surface area contributed by atoms with Gasteiger partial charge in [0, 0.05) is 0 Å². The Morgan fingerprint density at radius 1 is 0.347 bits per heavy atom. The Balaban J connectivity index is 1.11. The molecule has 0 saturated carbocycles. The van der Waals surface area contributed by atoms with Crippen molar-refractivity contribution in [3.63, 3.8) is 0 Å². The van der Waals surface area contributed by atoms with Crippen LogP contribution in [-0.2, 0) is 0 Å². The summed E-state index contributed by atoms with van der Waals surface area (Å²) in [6.45, 7) is 0. The molecule has 0 unspecified atom stereocenters. The Hall–Kier alpha value is -9.36. The number of nitriles is 1. The Morgan fingerprint density at radius 2 is 0.833 bits per heavy atom. The second-order valence-corrected chi connectivity index (χ2v) is 26.3. The number of hydrogen-bond acceptors (Lipinski definition) is 4. The van der Waals surface area contributed by atoms with Crippen molar-refractivity contribution in [2.24, 2.45) is 0 Å². The van der Waals surface area contributed by atoms with Crippen molar-refractivity contribution >= 4 is 96.3 Å². The van der Waals surface area contributed by atoms with Crippen molar-refractivity contribution in [1.82, 2.24) is 28.7 Å². The van der Waals surface area contributed by atoms with Crippen molar-refractivity contribution in [1.29, 1.82) is 5.26 Å². The van der Waals surface area contributed by atoms with Crippen LogP contribution in [0.4, 0.5) is 0 Å². The molecule has 14 aromatic rings. The van der Waals surface area contributed by atoms with Gasteiger partial charge in [-0.25, -0.2) is 0 Å². The maximum atomic E-state index is 10.1. The van der Waals surface area contributed by atoms with Crippen molar-refractivity contribution in [3.05, 3.63) is 254 Å². The van der Waals surface area contributed by atoms with Crippen LogP contribution in [0, 0.1) is 11.3 Å². The standard InChI is InChI=1S/C64H41GeN7/c66-42-43-36-38-58-54(40-43)51-31-14-16-33-55(51)71(58)63-67-62(44-20-19-27-48(41-44)65(45-21-5-1-6-22-45,46-23-7-2-8-24-46)47-25-9-3-10-26-47)68-64(69-63)72-56-34-17-13-30-50(56)52-37-39-59-60(61(52)72)53-32-15-18-35-57(53)70(59)49-28-11-4-12-29-49/h1-41H. The molecule has 0 saturated heterocycles. The molecular formula is C64H41GeN7. The molecule has 72 heavy (non-hydrogen) atoms. The third kappa shape index (κ3) is 6.26. The van der Waals surface area contributed by atoms with E-state index in [9.17, 15) is 5.26 Å². The first kappa shape index (κ1) is 41.6. The molecule has 7 nitrogen and oxygen atoms in total. The number of aromatic nitrogens is 6. The molecule has 10 aromatic carbocycles. The number of fused-ring (bicyclic) bond motifs is 10. The zero-order valence-electron chi connectivity index (χ0n) is 38.8. The Kier molecular flexibility index (Phi) is 9.63. The topological polar surface area (TPSA) is 77.2 Å². The van der Waals surface area contributed by atoms with Gasteiger partial charge in [0.15, 0.2) is 0 Å². The van der Waals surface area contributed by atoms with Crippen LogP contribution in [0.15, 0.2) is 249 Å². The average Bonchev–Trinajstić information content (AvgIpc) is 4.10. The molecular weight excluding hydrogens is 939 g/mol. The van der Waals surface area contributed by atoms with Crippen LogP contribution < -0.4 is 17.6 Å². The van der Waals surface area contributed by atoms with E-state index in [1.807, 2.05) is 30.3 Å². The fourth-order valence-corrected chi connectivity index (χ4v) is 21.5. The predicted molar refractivity (Wildman–Crippen MR) is 297 cm³/mol. The molecule has 0 fully saturated rings. The van der Waals surface area contributed by atoms with E-state index in [4.69, 9.17) is 15.0 Å². The minimum absolute atomic E-state index is 0.475. The summed E-state index contributed by atoms with van der Waals surface area (Å²) in [6, 6.07) is 91.0. The summed E-state index contributed by atoms with van der Waals surface area (Å²) in [6.07, 6.45) is 0. The molecule has 8 heteroatoms. The normalized spacial score (nSPS) is 11.9. The molecule has 0 aliphatic carbocycles. The molecule has 0 amide bonds. The molecule has 0 aliphatic rings. The molecule has 0 atom stereocenters. The van der Waals surface area contributed by atoms with E-state index in [-0.39, 0.29) is 0 Å². The van der Waals surface area contributed by atoms with E-state index < -0.39 is 13.3 Å². The third-order valence-electron chi connectivity index (χ3n) is 14.5. The summed E-state index contributed by atoms with van der Waals surface area (Å²) in [5.41, 5.74) is 8.59. The molecule has 0 spiro atoms. The Morgan fingerprint density at radius 3 is 1.46 bits per heavy atom. The van der Waals surface area contributed by atoms with Crippen LogP contribution in [0.1, 0.15) is 5.56 Å². The van der Waals surface area contributed by atoms with E-state index >= 15 is 0 Å². The zero-order valence-corrected chi connectivity index (χ0v) is 40.9. The number of hydrogen-bond donors (Lipinski definition) is 0. The summed E-state index contributed by atoms with van der Waals surface area (Å²) in [4.78, 5) is 16.8. The summed E-state index contributed by atoms with van der Waals surface area (Å²) in [5, 5.41) is 16.5.